The smallest absolute Gasteiger partial charge is 0.261 e. The highest BCUT2D eigenvalue weighted by atomic mass is 16.5. The molecule has 0 bridgehead atoms. The van der Waals surface area contributed by atoms with Gasteiger partial charge in [0.2, 0.25) is 5.91 Å². The van der Waals surface area contributed by atoms with E-state index in [0.29, 0.717) is 18.7 Å². The first-order valence-corrected chi connectivity index (χ1v) is 12.7. The number of carbonyl (C=O) groups is 2. The number of carbonyl (C=O) groups excluding carboxylic acids is 2. The van der Waals surface area contributed by atoms with Crippen molar-refractivity contribution in [1.29, 1.82) is 0 Å². The molecule has 2 atom stereocenters. The van der Waals surface area contributed by atoms with Gasteiger partial charge in [0.05, 0.1) is 0 Å². The highest BCUT2D eigenvalue weighted by molar-refractivity contribution is 5.88. The number of aryl methyl sites for hydroxylation is 3. The second kappa shape index (κ2) is 12.9. The van der Waals surface area contributed by atoms with E-state index in [1.54, 1.807) is 4.90 Å². The summed E-state index contributed by atoms with van der Waals surface area (Å²) in [5, 5.41) is 3.10. The van der Waals surface area contributed by atoms with Crippen LogP contribution in [0.25, 0.3) is 0 Å². The zero-order valence-corrected chi connectivity index (χ0v) is 22.1. The fraction of sp³-hybridized carbons (Fsp3) is 0.355. The quantitative estimate of drug-likeness (QED) is 0.387. The number of nitrogens with one attached hydrogen (secondary N) is 1. The summed E-state index contributed by atoms with van der Waals surface area (Å²) < 4.78 is 5.93. The van der Waals surface area contributed by atoms with Crippen LogP contribution in [0, 0.1) is 20.8 Å². The maximum Gasteiger partial charge on any atom is 0.261 e. The number of rotatable bonds is 11. The SMILES string of the molecule is CC[C@H](C)NC(=O)[C@@H](Cc1ccccc1)N(Cc1cccc(C)c1)C(=O)COc1cc(C)cc(C)c1. The first-order chi connectivity index (χ1) is 17.2. The molecule has 0 aliphatic rings. The fourth-order valence-electron chi connectivity index (χ4n) is 4.25. The van der Waals surface area contributed by atoms with Crippen molar-refractivity contribution in [3.05, 3.63) is 101 Å². The van der Waals surface area contributed by atoms with Gasteiger partial charge in [0.25, 0.3) is 5.91 Å². The van der Waals surface area contributed by atoms with Crippen LogP contribution in [-0.2, 0) is 22.6 Å². The van der Waals surface area contributed by atoms with Gasteiger partial charge in [-0.05, 0) is 68.5 Å². The Kier molecular flexibility index (Phi) is 9.69. The predicted molar refractivity (Wildman–Crippen MR) is 145 cm³/mol. The molecule has 0 radical (unpaired) electrons. The van der Waals surface area contributed by atoms with Crippen LogP contribution in [0.2, 0.25) is 0 Å². The molecule has 0 spiro atoms. The summed E-state index contributed by atoms with van der Waals surface area (Å²) in [5.74, 6) is 0.275. The average molecular weight is 487 g/mol. The van der Waals surface area contributed by atoms with E-state index in [-0.39, 0.29) is 24.5 Å². The molecule has 0 unspecified atom stereocenters. The Morgan fingerprint density at radius 3 is 2.17 bits per heavy atom. The van der Waals surface area contributed by atoms with Crippen molar-refractivity contribution in [2.24, 2.45) is 0 Å². The Bertz CT molecular complexity index is 1140. The normalized spacial score (nSPS) is 12.5. The molecule has 2 amide bonds. The van der Waals surface area contributed by atoms with Crippen molar-refractivity contribution in [1.82, 2.24) is 10.2 Å². The topological polar surface area (TPSA) is 58.6 Å². The number of nitrogens with zero attached hydrogens (tertiary/aromatic N) is 1. The summed E-state index contributed by atoms with van der Waals surface area (Å²) in [7, 11) is 0. The summed E-state index contributed by atoms with van der Waals surface area (Å²) >= 11 is 0. The lowest BCUT2D eigenvalue weighted by atomic mass is 10.0. The zero-order valence-electron chi connectivity index (χ0n) is 22.1. The molecule has 0 aliphatic heterocycles. The molecule has 5 heteroatoms. The van der Waals surface area contributed by atoms with Crippen LogP contribution in [-0.4, -0.2) is 35.4 Å². The minimum absolute atomic E-state index is 0.0122. The van der Waals surface area contributed by atoms with Crippen LogP contribution in [0.3, 0.4) is 0 Å². The van der Waals surface area contributed by atoms with Crippen LogP contribution in [0.15, 0.2) is 72.8 Å². The number of benzene rings is 3. The number of hydrogen-bond acceptors (Lipinski definition) is 3. The molecule has 1 N–H and O–H groups in total. The van der Waals surface area contributed by atoms with Gasteiger partial charge < -0.3 is 15.0 Å². The molecule has 0 fully saturated rings. The number of amides is 2. The minimum Gasteiger partial charge on any atom is -0.484 e. The van der Waals surface area contributed by atoms with Gasteiger partial charge in [0, 0.05) is 19.0 Å². The monoisotopic (exact) mass is 486 g/mol. The number of ether oxygens (including phenoxy) is 1. The Morgan fingerprint density at radius 2 is 1.53 bits per heavy atom. The van der Waals surface area contributed by atoms with Crippen molar-refractivity contribution in [2.75, 3.05) is 6.61 Å². The van der Waals surface area contributed by atoms with Gasteiger partial charge in [0.1, 0.15) is 11.8 Å². The average Bonchev–Trinajstić information content (AvgIpc) is 2.84. The molecule has 36 heavy (non-hydrogen) atoms. The lowest BCUT2D eigenvalue weighted by molar-refractivity contribution is -0.143. The van der Waals surface area contributed by atoms with Gasteiger partial charge in [-0.25, -0.2) is 0 Å². The Labute approximate surface area is 215 Å². The van der Waals surface area contributed by atoms with Gasteiger partial charge in [0.15, 0.2) is 6.61 Å². The maximum atomic E-state index is 13.7. The lowest BCUT2D eigenvalue weighted by Crippen LogP contribution is -2.53. The summed E-state index contributed by atoms with van der Waals surface area (Å²) in [6, 6.07) is 23.1. The van der Waals surface area contributed by atoms with Gasteiger partial charge in [-0.3, -0.25) is 9.59 Å². The van der Waals surface area contributed by atoms with Gasteiger partial charge in [-0.1, -0.05) is 73.2 Å². The first-order valence-electron chi connectivity index (χ1n) is 12.7. The van der Waals surface area contributed by atoms with E-state index in [1.165, 1.54) is 0 Å². The third-order valence-corrected chi connectivity index (χ3v) is 6.27. The predicted octanol–water partition coefficient (Wildman–Crippen LogP) is 5.55. The second-order valence-corrected chi connectivity index (χ2v) is 9.65. The van der Waals surface area contributed by atoms with E-state index < -0.39 is 6.04 Å². The molecule has 5 nitrogen and oxygen atoms in total. The highest BCUT2D eigenvalue weighted by Crippen LogP contribution is 2.19. The summed E-state index contributed by atoms with van der Waals surface area (Å²) in [6.07, 6.45) is 1.23. The molecule has 0 saturated carbocycles. The summed E-state index contributed by atoms with van der Waals surface area (Å²) in [4.78, 5) is 28.9. The minimum atomic E-state index is -0.669. The highest BCUT2D eigenvalue weighted by Gasteiger charge is 2.31. The molecule has 3 rings (SSSR count). The Hall–Kier alpha value is -3.60. The molecule has 0 aromatic heterocycles. The van der Waals surface area contributed by atoms with Crippen LogP contribution in [0.5, 0.6) is 5.75 Å². The zero-order chi connectivity index (χ0) is 26.1. The molecule has 190 valence electrons. The van der Waals surface area contributed by atoms with Crippen molar-refractivity contribution in [3.8, 4) is 5.75 Å². The third-order valence-electron chi connectivity index (χ3n) is 6.27. The van der Waals surface area contributed by atoms with Crippen LogP contribution in [0.4, 0.5) is 0 Å². The van der Waals surface area contributed by atoms with E-state index in [1.807, 2.05) is 95.3 Å². The van der Waals surface area contributed by atoms with Crippen molar-refractivity contribution in [2.45, 2.75) is 66.1 Å². The Balaban J connectivity index is 1.92. The molecule has 0 aliphatic carbocycles. The van der Waals surface area contributed by atoms with Crippen molar-refractivity contribution in [3.63, 3.8) is 0 Å². The first kappa shape index (κ1) is 27.0. The second-order valence-electron chi connectivity index (χ2n) is 9.65. The molecule has 3 aromatic rings. The van der Waals surface area contributed by atoms with Crippen LogP contribution < -0.4 is 10.1 Å². The third kappa shape index (κ3) is 7.98. The van der Waals surface area contributed by atoms with Crippen molar-refractivity contribution >= 4 is 11.8 Å². The Morgan fingerprint density at radius 1 is 0.861 bits per heavy atom. The van der Waals surface area contributed by atoms with Crippen LogP contribution >= 0.6 is 0 Å². The van der Waals surface area contributed by atoms with Crippen LogP contribution in [0.1, 0.15) is 48.1 Å². The molecular weight excluding hydrogens is 448 g/mol. The molecule has 3 aromatic carbocycles. The van der Waals surface area contributed by atoms with Crippen molar-refractivity contribution < 1.29 is 14.3 Å². The van der Waals surface area contributed by atoms with E-state index in [9.17, 15) is 9.59 Å². The van der Waals surface area contributed by atoms with E-state index in [2.05, 4.69) is 17.4 Å². The largest absolute Gasteiger partial charge is 0.484 e. The summed E-state index contributed by atoms with van der Waals surface area (Å²) in [5.41, 5.74) is 5.23. The van der Waals surface area contributed by atoms with E-state index in [0.717, 1.165) is 34.2 Å². The van der Waals surface area contributed by atoms with Gasteiger partial charge in [-0.2, -0.15) is 0 Å². The molecule has 0 saturated heterocycles. The van der Waals surface area contributed by atoms with Gasteiger partial charge in [-0.15, -0.1) is 0 Å². The lowest BCUT2D eigenvalue weighted by Gasteiger charge is -2.32. The van der Waals surface area contributed by atoms with E-state index in [4.69, 9.17) is 4.74 Å². The standard InChI is InChI=1S/C31H38N2O3/c1-6-25(5)32-31(35)29(19-26-12-8-7-9-13-26)33(20-27-14-10-11-22(2)16-27)30(34)21-36-28-17-23(3)15-24(4)18-28/h7-18,25,29H,6,19-21H2,1-5H3,(H,32,35)/t25-,29+/m0/s1. The number of hydrogen-bond donors (Lipinski definition) is 1. The molecular formula is C31H38N2O3. The summed E-state index contributed by atoms with van der Waals surface area (Å²) in [6.45, 7) is 10.2. The fourth-order valence-corrected chi connectivity index (χ4v) is 4.25. The van der Waals surface area contributed by atoms with Gasteiger partial charge >= 0.3 is 0 Å². The maximum absolute atomic E-state index is 13.7. The molecule has 0 heterocycles. The van der Waals surface area contributed by atoms with E-state index >= 15 is 0 Å².